The normalized spacial score (nSPS) is 10.6. The molecule has 0 aliphatic heterocycles. The van der Waals surface area contributed by atoms with Gasteiger partial charge in [0, 0.05) is 17.3 Å². The highest BCUT2D eigenvalue weighted by Crippen LogP contribution is 2.26. The topological polar surface area (TPSA) is 80.0 Å². The fraction of sp³-hybridized carbons (Fsp3) is 0.0667. The number of thiazole rings is 1. The Hall–Kier alpha value is -2.31. The molecule has 112 valence electrons. The third kappa shape index (κ3) is 3.47. The molecular weight excluding hydrogens is 320 g/mol. The summed E-state index contributed by atoms with van der Waals surface area (Å²) in [5, 5.41) is 6.76. The maximum absolute atomic E-state index is 11.9. The molecule has 7 heteroatoms. The van der Waals surface area contributed by atoms with E-state index in [0.29, 0.717) is 22.4 Å². The standard InChI is InChI=1S/C15H13ClN4OS/c16-10-3-1-9(2-4-10)8-18-15(21)19-11-5-6-12-13(7-11)22-14(17)20-12/h1-7H,8H2,(H2,17,20)(H2,18,19,21). The van der Waals surface area contributed by atoms with Crippen molar-refractivity contribution in [2.24, 2.45) is 0 Å². The van der Waals surface area contributed by atoms with Crippen LogP contribution in [0.2, 0.25) is 5.02 Å². The van der Waals surface area contributed by atoms with Crippen LogP contribution in [0.4, 0.5) is 15.6 Å². The minimum absolute atomic E-state index is 0.271. The summed E-state index contributed by atoms with van der Waals surface area (Å²) >= 11 is 7.21. The molecule has 4 N–H and O–H groups in total. The quantitative estimate of drug-likeness (QED) is 0.681. The predicted octanol–water partition coefficient (Wildman–Crippen LogP) is 3.85. The van der Waals surface area contributed by atoms with Gasteiger partial charge in [-0.1, -0.05) is 35.1 Å². The summed E-state index contributed by atoms with van der Waals surface area (Å²) in [5.74, 6) is 0. The van der Waals surface area contributed by atoms with Crippen LogP contribution in [-0.4, -0.2) is 11.0 Å². The van der Waals surface area contributed by atoms with Gasteiger partial charge in [0.25, 0.3) is 0 Å². The Morgan fingerprint density at radius 2 is 2.00 bits per heavy atom. The van der Waals surface area contributed by atoms with Crippen LogP contribution in [0.25, 0.3) is 10.2 Å². The third-order valence-corrected chi connectivity index (χ3v) is 4.13. The number of halogens is 1. The smallest absolute Gasteiger partial charge is 0.319 e. The summed E-state index contributed by atoms with van der Waals surface area (Å²) in [6.07, 6.45) is 0. The lowest BCUT2D eigenvalue weighted by atomic mass is 10.2. The number of benzene rings is 2. The van der Waals surface area contributed by atoms with E-state index in [2.05, 4.69) is 15.6 Å². The van der Waals surface area contributed by atoms with Gasteiger partial charge in [-0.2, -0.15) is 0 Å². The number of hydrogen-bond donors (Lipinski definition) is 3. The molecule has 1 aromatic heterocycles. The highest BCUT2D eigenvalue weighted by atomic mass is 35.5. The molecule has 1 heterocycles. The number of urea groups is 1. The van der Waals surface area contributed by atoms with Crippen LogP contribution in [0.5, 0.6) is 0 Å². The Morgan fingerprint density at radius 1 is 1.23 bits per heavy atom. The fourth-order valence-corrected chi connectivity index (χ4v) is 2.88. The van der Waals surface area contributed by atoms with Gasteiger partial charge in [0.1, 0.15) is 0 Å². The van der Waals surface area contributed by atoms with Gasteiger partial charge >= 0.3 is 6.03 Å². The number of nitrogens with one attached hydrogen (secondary N) is 2. The van der Waals surface area contributed by atoms with Crippen molar-refractivity contribution >= 4 is 50.0 Å². The van der Waals surface area contributed by atoms with E-state index < -0.39 is 0 Å². The average Bonchev–Trinajstić information content (AvgIpc) is 2.86. The summed E-state index contributed by atoms with van der Waals surface area (Å²) < 4.78 is 0.938. The Bertz CT molecular complexity index is 816. The summed E-state index contributed by atoms with van der Waals surface area (Å²) in [4.78, 5) is 16.1. The fourth-order valence-electron chi connectivity index (χ4n) is 1.98. The van der Waals surface area contributed by atoms with Crippen LogP contribution in [-0.2, 0) is 6.54 Å². The summed E-state index contributed by atoms with van der Waals surface area (Å²) in [6, 6.07) is 12.5. The van der Waals surface area contributed by atoms with Crippen LogP contribution < -0.4 is 16.4 Å². The number of carbonyl (C=O) groups is 1. The summed E-state index contributed by atoms with van der Waals surface area (Å²) in [6.45, 7) is 0.429. The molecule has 0 saturated carbocycles. The molecule has 2 amide bonds. The monoisotopic (exact) mass is 332 g/mol. The predicted molar refractivity (Wildman–Crippen MR) is 91.3 cm³/mol. The number of nitrogens with zero attached hydrogens (tertiary/aromatic N) is 1. The molecule has 5 nitrogen and oxygen atoms in total. The molecule has 3 aromatic rings. The number of carbonyl (C=O) groups excluding carboxylic acids is 1. The van der Waals surface area contributed by atoms with Crippen LogP contribution in [0.1, 0.15) is 5.56 Å². The first-order valence-corrected chi connectivity index (χ1v) is 7.75. The van der Waals surface area contributed by atoms with E-state index in [-0.39, 0.29) is 6.03 Å². The van der Waals surface area contributed by atoms with Crippen molar-refractivity contribution in [3.63, 3.8) is 0 Å². The third-order valence-electron chi connectivity index (χ3n) is 3.03. The second-order valence-electron chi connectivity index (χ2n) is 4.67. The zero-order chi connectivity index (χ0) is 15.5. The van der Waals surface area contributed by atoms with E-state index in [0.717, 1.165) is 15.8 Å². The second kappa shape index (κ2) is 6.21. The number of nitrogen functional groups attached to an aromatic ring is 1. The van der Waals surface area contributed by atoms with Gasteiger partial charge in [-0.05, 0) is 35.9 Å². The second-order valence-corrected chi connectivity index (χ2v) is 6.17. The number of aromatic nitrogens is 1. The maximum atomic E-state index is 11.9. The van der Waals surface area contributed by atoms with E-state index in [9.17, 15) is 4.79 Å². The zero-order valence-corrected chi connectivity index (χ0v) is 13.0. The first-order valence-electron chi connectivity index (χ1n) is 6.55. The lowest BCUT2D eigenvalue weighted by molar-refractivity contribution is 0.251. The van der Waals surface area contributed by atoms with Crippen molar-refractivity contribution < 1.29 is 4.79 Å². The van der Waals surface area contributed by atoms with E-state index >= 15 is 0 Å². The van der Waals surface area contributed by atoms with Crippen molar-refractivity contribution in [3.8, 4) is 0 Å². The minimum atomic E-state index is -0.271. The van der Waals surface area contributed by atoms with Crippen molar-refractivity contribution in [1.82, 2.24) is 10.3 Å². The van der Waals surface area contributed by atoms with E-state index in [1.165, 1.54) is 11.3 Å². The van der Waals surface area contributed by atoms with Crippen molar-refractivity contribution in [1.29, 1.82) is 0 Å². The van der Waals surface area contributed by atoms with Gasteiger partial charge < -0.3 is 16.4 Å². The van der Waals surface area contributed by atoms with Gasteiger partial charge in [-0.25, -0.2) is 9.78 Å². The van der Waals surface area contributed by atoms with Crippen molar-refractivity contribution in [2.45, 2.75) is 6.54 Å². The molecule has 0 spiro atoms. The number of nitrogens with two attached hydrogens (primary N) is 1. The lowest BCUT2D eigenvalue weighted by Gasteiger charge is -2.07. The molecule has 0 aliphatic rings. The zero-order valence-electron chi connectivity index (χ0n) is 11.5. The van der Waals surface area contributed by atoms with Gasteiger partial charge in [0.15, 0.2) is 5.13 Å². The number of fused-ring (bicyclic) bond motifs is 1. The van der Waals surface area contributed by atoms with Crippen LogP contribution in [0.15, 0.2) is 42.5 Å². The van der Waals surface area contributed by atoms with Gasteiger partial charge in [0.05, 0.1) is 10.2 Å². The molecule has 22 heavy (non-hydrogen) atoms. The molecule has 0 saturated heterocycles. The summed E-state index contributed by atoms with van der Waals surface area (Å²) in [5.41, 5.74) is 8.17. The Morgan fingerprint density at radius 3 is 2.77 bits per heavy atom. The SMILES string of the molecule is Nc1nc2ccc(NC(=O)NCc3ccc(Cl)cc3)cc2s1. The van der Waals surface area contributed by atoms with Crippen molar-refractivity contribution in [3.05, 3.63) is 53.1 Å². The highest BCUT2D eigenvalue weighted by molar-refractivity contribution is 7.22. The number of amides is 2. The average molecular weight is 333 g/mol. The molecule has 3 rings (SSSR count). The molecular formula is C15H13ClN4OS. The van der Waals surface area contributed by atoms with E-state index in [1.807, 2.05) is 24.3 Å². The largest absolute Gasteiger partial charge is 0.375 e. The van der Waals surface area contributed by atoms with Gasteiger partial charge in [-0.15, -0.1) is 0 Å². The van der Waals surface area contributed by atoms with Gasteiger partial charge in [-0.3, -0.25) is 0 Å². The molecule has 2 aromatic carbocycles. The molecule has 0 atom stereocenters. The number of hydrogen-bond acceptors (Lipinski definition) is 4. The highest BCUT2D eigenvalue weighted by Gasteiger charge is 2.05. The minimum Gasteiger partial charge on any atom is -0.375 e. The molecule has 0 unspecified atom stereocenters. The van der Waals surface area contributed by atoms with Crippen LogP contribution in [0.3, 0.4) is 0 Å². The van der Waals surface area contributed by atoms with E-state index in [4.69, 9.17) is 17.3 Å². The maximum Gasteiger partial charge on any atom is 0.319 e. The molecule has 0 radical (unpaired) electrons. The van der Waals surface area contributed by atoms with E-state index in [1.54, 1.807) is 18.2 Å². The first kappa shape index (κ1) is 14.6. The Balaban J connectivity index is 1.61. The van der Waals surface area contributed by atoms with Crippen LogP contribution in [0, 0.1) is 0 Å². The first-order chi connectivity index (χ1) is 10.6. The molecule has 0 fully saturated rings. The Kier molecular flexibility index (Phi) is 4.13. The number of anilines is 2. The Labute approximate surface area is 136 Å². The molecule has 0 aliphatic carbocycles. The summed E-state index contributed by atoms with van der Waals surface area (Å²) in [7, 11) is 0. The van der Waals surface area contributed by atoms with Crippen molar-refractivity contribution in [2.75, 3.05) is 11.1 Å². The van der Waals surface area contributed by atoms with Gasteiger partial charge in [0.2, 0.25) is 0 Å². The van der Waals surface area contributed by atoms with Crippen LogP contribution >= 0.6 is 22.9 Å². The lowest BCUT2D eigenvalue weighted by Crippen LogP contribution is -2.28. The number of rotatable bonds is 3. The molecule has 0 bridgehead atoms.